The third-order valence-corrected chi connectivity index (χ3v) is 3.32. The summed E-state index contributed by atoms with van der Waals surface area (Å²) >= 11 is 0. The molecule has 0 radical (unpaired) electrons. The minimum atomic E-state index is -4.03. The molecule has 0 saturated carbocycles. The van der Waals surface area contributed by atoms with Crippen molar-refractivity contribution < 1.29 is 17.2 Å². The summed E-state index contributed by atoms with van der Waals surface area (Å²) < 4.78 is 48.6. The zero-order valence-electron chi connectivity index (χ0n) is 8.50. The molecule has 0 unspecified atom stereocenters. The van der Waals surface area contributed by atoms with Crippen LogP contribution >= 0.6 is 0 Å². The van der Waals surface area contributed by atoms with Gasteiger partial charge in [0.15, 0.2) is 5.03 Å². The molecule has 0 aliphatic carbocycles. The minimum absolute atomic E-state index is 0.0345. The van der Waals surface area contributed by atoms with Crippen molar-refractivity contribution in [2.45, 2.75) is 24.9 Å². The van der Waals surface area contributed by atoms with E-state index in [4.69, 9.17) is 5.73 Å². The standard InChI is InChI=1S/C7H12F2N4O2S/c1-4-5(2-10)7(13-12-4)16(14,15)11-3-6(8)9/h6,11H,2-3,10H2,1H3,(H,12,13). The Morgan fingerprint density at radius 2 is 2.19 bits per heavy atom. The smallest absolute Gasteiger partial charge is 0.260 e. The van der Waals surface area contributed by atoms with E-state index >= 15 is 0 Å². The Morgan fingerprint density at radius 1 is 1.56 bits per heavy atom. The summed E-state index contributed by atoms with van der Waals surface area (Å²) in [6.45, 7) is 0.618. The summed E-state index contributed by atoms with van der Waals surface area (Å²) in [4.78, 5) is 0. The summed E-state index contributed by atoms with van der Waals surface area (Å²) in [7, 11) is -4.03. The summed E-state index contributed by atoms with van der Waals surface area (Å²) in [5.74, 6) is 0. The molecule has 1 aromatic rings. The van der Waals surface area contributed by atoms with Gasteiger partial charge in [0.05, 0.1) is 6.54 Å². The lowest BCUT2D eigenvalue weighted by molar-refractivity contribution is 0.153. The number of aromatic nitrogens is 2. The highest BCUT2D eigenvalue weighted by molar-refractivity contribution is 7.89. The highest BCUT2D eigenvalue weighted by Gasteiger charge is 2.23. The number of nitrogens with zero attached hydrogens (tertiary/aromatic N) is 1. The molecule has 9 heteroatoms. The molecule has 1 aromatic heterocycles. The van der Waals surface area contributed by atoms with Crippen LogP contribution in [0.3, 0.4) is 0 Å². The van der Waals surface area contributed by atoms with Crippen LogP contribution in [0.15, 0.2) is 5.03 Å². The molecule has 16 heavy (non-hydrogen) atoms. The van der Waals surface area contributed by atoms with Gasteiger partial charge in [0.1, 0.15) is 0 Å². The van der Waals surface area contributed by atoms with Crippen molar-refractivity contribution in [3.05, 3.63) is 11.3 Å². The Morgan fingerprint density at radius 3 is 2.69 bits per heavy atom. The van der Waals surface area contributed by atoms with Gasteiger partial charge in [-0.3, -0.25) is 5.10 Å². The van der Waals surface area contributed by atoms with Crippen LogP contribution in [0.2, 0.25) is 0 Å². The highest BCUT2D eigenvalue weighted by Crippen LogP contribution is 2.15. The van der Waals surface area contributed by atoms with Crippen LogP contribution in [0, 0.1) is 6.92 Å². The number of nitrogens with two attached hydrogens (primary N) is 1. The number of alkyl halides is 2. The maximum atomic E-state index is 11.9. The third kappa shape index (κ3) is 2.74. The fraction of sp³-hybridized carbons (Fsp3) is 0.571. The zero-order valence-corrected chi connectivity index (χ0v) is 9.31. The molecule has 6 nitrogen and oxygen atoms in total. The van der Waals surface area contributed by atoms with Gasteiger partial charge in [-0.05, 0) is 6.92 Å². The number of sulfonamides is 1. The van der Waals surface area contributed by atoms with Crippen LogP contribution in [0.1, 0.15) is 11.3 Å². The number of hydrogen-bond donors (Lipinski definition) is 3. The molecule has 1 rings (SSSR count). The fourth-order valence-electron chi connectivity index (χ4n) is 1.13. The van der Waals surface area contributed by atoms with Crippen LogP contribution in [0.25, 0.3) is 0 Å². The number of halogens is 2. The average Bonchev–Trinajstić information content (AvgIpc) is 2.57. The molecule has 0 aliphatic rings. The molecule has 0 saturated heterocycles. The second-order valence-corrected chi connectivity index (χ2v) is 4.76. The Kier molecular flexibility index (Phi) is 3.94. The van der Waals surface area contributed by atoms with Gasteiger partial charge < -0.3 is 5.73 Å². The van der Waals surface area contributed by atoms with Crippen molar-refractivity contribution in [1.29, 1.82) is 0 Å². The van der Waals surface area contributed by atoms with E-state index in [-0.39, 0.29) is 11.6 Å². The number of nitrogens with one attached hydrogen (secondary N) is 2. The topological polar surface area (TPSA) is 101 Å². The van der Waals surface area contributed by atoms with Gasteiger partial charge >= 0.3 is 0 Å². The third-order valence-electron chi connectivity index (χ3n) is 1.92. The van der Waals surface area contributed by atoms with Gasteiger partial charge in [-0.1, -0.05) is 0 Å². The van der Waals surface area contributed by atoms with Crippen molar-refractivity contribution >= 4 is 10.0 Å². The Labute approximate surface area is 91.3 Å². The van der Waals surface area contributed by atoms with E-state index in [2.05, 4.69) is 10.2 Å². The molecule has 0 bridgehead atoms. The van der Waals surface area contributed by atoms with Crippen molar-refractivity contribution in [2.24, 2.45) is 5.73 Å². The molecule has 0 aromatic carbocycles. The Balaban J connectivity index is 2.98. The van der Waals surface area contributed by atoms with E-state index in [1.165, 1.54) is 0 Å². The van der Waals surface area contributed by atoms with Crippen LogP contribution in [0.4, 0.5) is 8.78 Å². The van der Waals surface area contributed by atoms with Gasteiger partial charge in [0, 0.05) is 17.8 Å². The largest absolute Gasteiger partial charge is 0.326 e. The highest BCUT2D eigenvalue weighted by atomic mass is 32.2. The fourth-order valence-corrected chi connectivity index (χ4v) is 2.34. The van der Waals surface area contributed by atoms with Crippen LogP contribution in [-0.2, 0) is 16.6 Å². The maximum absolute atomic E-state index is 11.9. The lowest BCUT2D eigenvalue weighted by Crippen LogP contribution is -2.29. The molecule has 0 fully saturated rings. The number of hydrogen-bond acceptors (Lipinski definition) is 4. The first-order chi connectivity index (χ1) is 7.38. The molecule has 4 N–H and O–H groups in total. The number of rotatable bonds is 5. The predicted molar refractivity (Wildman–Crippen MR) is 52.4 cm³/mol. The minimum Gasteiger partial charge on any atom is -0.326 e. The molecule has 92 valence electrons. The van der Waals surface area contributed by atoms with Crippen LogP contribution in [-0.4, -0.2) is 31.6 Å². The lowest BCUT2D eigenvalue weighted by atomic mass is 10.3. The Hall–Kier alpha value is -1.06. The second-order valence-electron chi connectivity index (χ2n) is 3.08. The first kappa shape index (κ1) is 13.0. The summed E-state index contributed by atoms with van der Waals surface area (Å²) in [6.07, 6.45) is -2.75. The normalized spacial score (nSPS) is 12.3. The van der Waals surface area contributed by atoms with Crippen LogP contribution in [0.5, 0.6) is 0 Å². The molecule has 0 aliphatic heterocycles. The second kappa shape index (κ2) is 4.85. The van der Waals surface area contributed by atoms with E-state index < -0.39 is 23.0 Å². The van der Waals surface area contributed by atoms with Gasteiger partial charge in [-0.15, -0.1) is 0 Å². The quantitative estimate of drug-likeness (QED) is 0.672. The van der Waals surface area contributed by atoms with Crippen LogP contribution < -0.4 is 10.5 Å². The summed E-state index contributed by atoms with van der Waals surface area (Å²) in [5, 5.41) is 5.66. The van der Waals surface area contributed by atoms with Crippen molar-refractivity contribution in [3.63, 3.8) is 0 Å². The summed E-state index contributed by atoms with van der Waals surface area (Å²) in [6, 6.07) is 0. The van der Waals surface area contributed by atoms with Crippen molar-refractivity contribution in [1.82, 2.24) is 14.9 Å². The zero-order chi connectivity index (χ0) is 12.3. The SMILES string of the molecule is Cc1[nH]nc(S(=O)(=O)NCC(F)F)c1CN. The van der Waals surface area contributed by atoms with E-state index in [0.29, 0.717) is 11.3 Å². The van der Waals surface area contributed by atoms with E-state index in [1.807, 2.05) is 0 Å². The Bertz CT molecular complexity index is 457. The molecule has 1 heterocycles. The molecular weight excluding hydrogens is 242 g/mol. The predicted octanol–water partition coefficient (Wildman–Crippen LogP) is -0.280. The van der Waals surface area contributed by atoms with E-state index in [0.717, 1.165) is 0 Å². The maximum Gasteiger partial charge on any atom is 0.260 e. The number of H-pyrrole nitrogens is 1. The van der Waals surface area contributed by atoms with Gasteiger partial charge in [-0.2, -0.15) is 5.10 Å². The first-order valence-corrected chi connectivity index (χ1v) is 5.88. The average molecular weight is 254 g/mol. The monoisotopic (exact) mass is 254 g/mol. The van der Waals surface area contributed by atoms with E-state index in [1.54, 1.807) is 11.6 Å². The lowest BCUT2D eigenvalue weighted by Gasteiger charge is -2.05. The van der Waals surface area contributed by atoms with Gasteiger partial charge in [0.2, 0.25) is 0 Å². The number of aromatic amines is 1. The molecule has 0 atom stereocenters. The van der Waals surface area contributed by atoms with Crippen molar-refractivity contribution in [3.8, 4) is 0 Å². The molecule has 0 amide bonds. The first-order valence-electron chi connectivity index (χ1n) is 4.40. The number of aryl methyl sites for hydroxylation is 1. The van der Waals surface area contributed by atoms with Gasteiger partial charge in [-0.25, -0.2) is 21.9 Å². The molecule has 0 spiro atoms. The molecular formula is C7H12F2N4O2S. The van der Waals surface area contributed by atoms with E-state index in [9.17, 15) is 17.2 Å². The van der Waals surface area contributed by atoms with Gasteiger partial charge in [0.25, 0.3) is 16.4 Å². The summed E-state index contributed by atoms with van der Waals surface area (Å²) in [5.41, 5.74) is 6.14. The van der Waals surface area contributed by atoms with Crippen molar-refractivity contribution in [2.75, 3.05) is 6.54 Å².